The van der Waals surface area contributed by atoms with Gasteiger partial charge >= 0.3 is 0 Å². The van der Waals surface area contributed by atoms with E-state index in [0.29, 0.717) is 24.4 Å². The standard InChI is InChI=1S/C17H23N5O.C16H21N5O/c1-19-15-11-16(21-17(18)20-15)22-9-5-7-13(22)10-12-6-3-4-8-14(12)23-2;1-18-13-10-14(20-15(17)19-13)21-9-5-8-16(22,11-21)12-6-3-2-4-7-12/h3-4,6,8,11,13H,5,7,9-10H2,1-2H3,(H3,18,19,20,21);2-4,6-7,10,22H,5,8-9,11H2,1H3,(H3,17,18,19,20)/t13-;16-/m01/s1. The number of aliphatic hydroxyl groups is 1. The van der Waals surface area contributed by atoms with Crippen LogP contribution in [0.4, 0.5) is 35.2 Å². The summed E-state index contributed by atoms with van der Waals surface area (Å²) >= 11 is 0. The Balaban J connectivity index is 0.000000178. The minimum absolute atomic E-state index is 0.232. The number of nitrogens with zero attached hydrogens (tertiary/aromatic N) is 6. The van der Waals surface area contributed by atoms with Crippen molar-refractivity contribution in [2.24, 2.45) is 0 Å². The first kappa shape index (κ1) is 31.6. The third kappa shape index (κ3) is 7.63. The Morgan fingerprint density at radius 2 is 1.51 bits per heavy atom. The van der Waals surface area contributed by atoms with Crippen molar-refractivity contribution in [3.8, 4) is 5.75 Å². The molecular weight excluding hydrogens is 568 g/mol. The molecule has 2 aliphatic rings. The Morgan fingerprint density at radius 3 is 2.20 bits per heavy atom. The average Bonchev–Trinajstić information content (AvgIpc) is 3.53. The normalized spacial score (nSPS) is 19.4. The highest BCUT2D eigenvalue weighted by molar-refractivity contribution is 5.54. The summed E-state index contributed by atoms with van der Waals surface area (Å²) in [7, 11) is 5.35. The van der Waals surface area contributed by atoms with Crippen molar-refractivity contribution in [1.82, 2.24) is 19.9 Å². The molecule has 0 amide bonds. The van der Waals surface area contributed by atoms with E-state index < -0.39 is 5.60 Å². The Bertz CT molecular complexity index is 1560. The minimum atomic E-state index is -0.862. The van der Waals surface area contributed by atoms with Gasteiger partial charge in [0, 0.05) is 45.4 Å². The predicted molar refractivity (Wildman–Crippen MR) is 181 cm³/mol. The number of hydrogen-bond acceptors (Lipinski definition) is 12. The zero-order valence-corrected chi connectivity index (χ0v) is 26.3. The highest BCUT2D eigenvalue weighted by Gasteiger charge is 2.35. The zero-order chi connectivity index (χ0) is 31.8. The molecule has 6 rings (SSSR count). The van der Waals surface area contributed by atoms with E-state index in [1.165, 1.54) is 5.56 Å². The van der Waals surface area contributed by atoms with Gasteiger partial charge in [0.2, 0.25) is 11.9 Å². The fraction of sp³-hybridized carbons (Fsp3) is 0.394. The van der Waals surface area contributed by atoms with Crippen molar-refractivity contribution in [3.05, 3.63) is 77.9 Å². The average molecular weight is 613 g/mol. The van der Waals surface area contributed by atoms with Crippen molar-refractivity contribution >= 4 is 35.2 Å². The summed E-state index contributed by atoms with van der Waals surface area (Å²) in [5.41, 5.74) is 12.9. The van der Waals surface area contributed by atoms with Crippen LogP contribution >= 0.6 is 0 Å². The van der Waals surface area contributed by atoms with Crippen LogP contribution in [-0.2, 0) is 12.0 Å². The number of benzene rings is 2. The topological polar surface area (TPSA) is 164 Å². The van der Waals surface area contributed by atoms with E-state index in [1.807, 2.05) is 61.6 Å². The van der Waals surface area contributed by atoms with Gasteiger partial charge in [0.25, 0.3) is 0 Å². The predicted octanol–water partition coefficient (Wildman–Crippen LogP) is 3.91. The van der Waals surface area contributed by atoms with Crippen LogP contribution in [-0.4, -0.2) is 71.9 Å². The second kappa shape index (κ2) is 14.3. The molecule has 2 atom stereocenters. The number of aromatic nitrogens is 4. The molecule has 0 saturated carbocycles. The molecule has 4 aromatic rings. The SMILES string of the molecule is CNc1cc(N2CCC[C@H]2Cc2ccccc2OC)nc(N)n1.CNc1cc(N2CCC[C@](O)(c3ccccc3)C2)nc(N)n1. The van der Waals surface area contributed by atoms with E-state index in [9.17, 15) is 5.11 Å². The lowest BCUT2D eigenvalue weighted by Gasteiger charge is -2.40. The third-order valence-electron chi connectivity index (χ3n) is 8.40. The molecule has 2 saturated heterocycles. The second-order valence-electron chi connectivity index (χ2n) is 11.4. The monoisotopic (exact) mass is 612 g/mol. The van der Waals surface area contributed by atoms with Crippen molar-refractivity contribution in [2.75, 3.05) is 72.7 Å². The summed E-state index contributed by atoms with van der Waals surface area (Å²) in [6.07, 6.45) is 4.86. The lowest BCUT2D eigenvalue weighted by Crippen LogP contribution is -2.46. The maximum absolute atomic E-state index is 11.0. The molecule has 12 nitrogen and oxygen atoms in total. The number of nitrogens with two attached hydrogens (primary N) is 2. The van der Waals surface area contributed by atoms with Crippen molar-refractivity contribution < 1.29 is 9.84 Å². The van der Waals surface area contributed by atoms with Crippen LogP contribution in [0.3, 0.4) is 0 Å². The van der Waals surface area contributed by atoms with Gasteiger partial charge in [-0.3, -0.25) is 0 Å². The van der Waals surface area contributed by atoms with Crippen molar-refractivity contribution in [2.45, 2.75) is 43.7 Å². The Kier molecular flexibility index (Phi) is 10.0. The molecule has 0 unspecified atom stereocenters. The minimum Gasteiger partial charge on any atom is -0.496 e. The van der Waals surface area contributed by atoms with E-state index in [-0.39, 0.29) is 5.95 Å². The van der Waals surface area contributed by atoms with Crippen LogP contribution in [0.1, 0.15) is 36.8 Å². The molecule has 0 radical (unpaired) electrons. The quantitative estimate of drug-likeness (QED) is 0.195. The Hall–Kier alpha value is -4.84. The Labute approximate surface area is 264 Å². The summed E-state index contributed by atoms with van der Waals surface area (Å²) in [6.45, 7) is 2.32. The third-order valence-corrected chi connectivity index (χ3v) is 8.40. The number of nitrogens with one attached hydrogen (secondary N) is 2. The molecule has 45 heavy (non-hydrogen) atoms. The molecule has 7 N–H and O–H groups in total. The first-order valence-electron chi connectivity index (χ1n) is 15.4. The maximum Gasteiger partial charge on any atom is 0.223 e. The first-order chi connectivity index (χ1) is 21.8. The van der Waals surface area contributed by atoms with Crippen LogP contribution in [0.25, 0.3) is 0 Å². The lowest BCUT2D eigenvalue weighted by molar-refractivity contribution is 0.0217. The van der Waals surface area contributed by atoms with Gasteiger partial charge in [-0.2, -0.15) is 19.9 Å². The molecule has 238 valence electrons. The summed E-state index contributed by atoms with van der Waals surface area (Å²) in [6, 6.07) is 22.2. The van der Waals surface area contributed by atoms with Crippen LogP contribution in [0.15, 0.2) is 66.7 Å². The van der Waals surface area contributed by atoms with E-state index >= 15 is 0 Å². The molecule has 2 aliphatic heterocycles. The highest BCUT2D eigenvalue weighted by atomic mass is 16.5. The van der Waals surface area contributed by atoms with Crippen LogP contribution in [0.2, 0.25) is 0 Å². The number of hydrogen-bond donors (Lipinski definition) is 5. The zero-order valence-electron chi connectivity index (χ0n) is 26.3. The molecule has 0 bridgehead atoms. The van der Waals surface area contributed by atoms with Gasteiger partial charge in [-0.15, -0.1) is 0 Å². The molecule has 0 aliphatic carbocycles. The smallest absolute Gasteiger partial charge is 0.223 e. The number of piperidine rings is 1. The van der Waals surface area contributed by atoms with Gasteiger partial charge < -0.3 is 41.7 Å². The summed E-state index contributed by atoms with van der Waals surface area (Å²) in [4.78, 5) is 21.4. The molecule has 2 aromatic heterocycles. The van der Waals surface area contributed by atoms with Gasteiger partial charge in [0.1, 0.15) is 34.6 Å². The molecular formula is C33H44N10O2. The molecule has 2 fully saturated rings. The highest BCUT2D eigenvalue weighted by Crippen LogP contribution is 2.34. The van der Waals surface area contributed by atoms with Gasteiger partial charge in [-0.05, 0) is 49.3 Å². The van der Waals surface area contributed by atoms with Crippen LogP contribution in [0, 0.1) is 0 Å². The number of ether oxygens (including phenoxy) is 1. The maximum atomic E-state index is 11.0. The number of para-hydroxylation sites is 1. The lowest BCUT2D eigenvalue weighted by atomic mass is 9.86. The number of methoxy groups -OCH3 is 1. The van der Waals surface area contributed by atoms with Crippen LogP contribution < -0.4 is 36.6 Å². The molecule has 0 spiro atoms. The van der Waals surface area contributed by atoms with Gasteiger partial charge in [0.05, 0.1) is 13.7 Å². The fourth-order valence-corrected chi connectivity index (χ4v) is 6.16. The van der Waals surface area contributed by atoms with Gasteiger partial charge in [0.15, 0.2) is 0 Å². The Morgan fingerprint density at radius 1 is 0.867 bits per heavy atom. The number of rotatable bonds is 8. The van der Waals surface area contributed by atoms with Crippen molar-refractivity contribution in [3.63, 3.8) is 0 Å². The van der Waals surface area contributed by atoms with E-state index in [2.05, 4.69) is 52.5 Å². The van der Waals surface area contributed by atoms with E-state index in [1.54, 1.807) is 14.2 Å². The fourth-order valence-electron chi connectivity index (χ4n) is 6.16. The number of anilines is 6. The van der Waals surface area contributed by atoms with Crippen LogP contribution in [0.5, 0.6) is 5.75 Å². The molecule has 12 heteroatoms. The van der Waals surface area contributed by atoms with Crippen molar-refractivity contribution in [1.29, 1.82) is 0 Å². The first-order valence-corrected chi connectivity index (χ1v) is 15.4. The van der Waals surface area contributed by atoms with E-state index in [4.69, 9.17) is 16.2 Å². The summed E-state index contributed by atoms with van der Waals surface area (Å²) in [5.74, 6) is 4.53. The largest absolute Gasteiger partial charge is 0.496 e. The molecule has 4 heterocycles. The van der Waals surface area contributed by atoms with E-state index in [0.717, 1.165) is 74.0 Å². The van der Waals surface area contributed by atoms with Gasteiger partial charge in [-0.1, -0.05) is 48.5 Å². The van der Waals surface area contributed by atoms with Gasteiger partial charge in [-0.25, -0.2) is 0 Å². The second-order valence-corrected chi connectivity index (χ2v) is 11.4. The summed E-state index contributed by atoms with van der Waals surface area (Å²) < 4.78 is 5.48. The number of β-amino-alcohol motifs (C(OH)–C–C–N with tert-alkyl or cyclic N) is 1. The molecule has 2 aromatic carbocycles. The summed E-state index contributed by atoms with van der Waals surface area (Å²) in [5, 5.41) is 17.1. The number of nitrogen functional groups attached to an aromatic ring is 2.